The minimum Gasteiger partial charge on any atom is -0.385 e. The molecule has 4 unspecified atom stereocenters. The van der Waals surface area contributed by atoms with Gasteiger partial charge in [0.05, 0.1) is 6.04 Å². The summed E-state index contributed by atoms with van der Waals surface area (Å²) in [5.74, 6) is -2.28. The first kappa shape index (κ1) is 15.4. The molecule has 4 atom stereocenters. The van der Waals surface area contributed by atoms with E-state index < -0.39 is 18.1 Å². The largest absolute Gasteiger partial charge is 0.385 e. The molecule has 1 saturated carbocycles. The van der Waals surface area contributed by atoms with Crippen LogP contribution in [0.25, 0.3) is 0 Å². The number of nitrogens with zero attached hydrogens (tertiary/aromatic N) is 3. The van der Waals surface area contributed by atoms with Gasteiger partial charge in [0.15, 0.2) is 0 Å². The smallest absolute Gasteiger partial charge is 0.272 e. The minimum absolute atomic E-state index is 0.356. The predicted octanol–water partition coefficient (Wildman–Crippen LogP) is 3.05. The van der Waals surface area contributed by atoms with Crippen molar-refractivity contribution < 1.29 is 13.9 Å². The quantitative estimate of drug-likeness (QED) is 0.905. The van der Waals surface area contributed by atoms with E-state index in [0.29, 0.717) is 18.3 Å². The number of halogens is 2. The SMILES string of the molecule is CC1CCCCC1CC(C(O)C(C)(F)F)n1cncn1. The Kier molecular flexibility index (Phi) is 4.73. The number of alkyl halides is 2. The first-order chi connectivity index (χ1) is 9.39. The molecule has 0 aromatic carbocycles. The molecule has 20 heavy (non-hydrogen) atoms. The Hall–Kier alpha value is -1.04. The Labute approximate surface area is 118 Å². The van der Waals surface area contributed by atoms with E-state index in [1.165, 1.54) is 23.8 Å². The zero-order chi connectivity index (χ0) is 14.8. The van der Waals surface area contributed by atoms with Crippen molar-refractivity contribution in [2.45, 2.75) is 64.0 Å². The molecule has 4 nitrogen and oxygen atoms in total. The summed E-state index contributed by atoms with van der Waals surface area (Å²) in [6.45, 7) is 2.92. The summed E-state index contributed by atoms with van der Waals surface area (Å²) >= 11 is 0. The van der Waals surface area contributed by atoms with E-state index in [0.717, 1.165) is 26.2 Å². The molecule has 0 saturated heterocycles. The maximum Gasteiger partial charge on any atom is 0.272 e. The summed E-state index contributed by atoms with van der Waals surface area (Å²) in [4.78, 5) is 3.82. The fraction of sp³-hybridized carbons (Fsp3) is 0.857. The average Bonchev–Trinajstić information content (AvgIpc) is 2.89. The van der Waals surface area contributed by atoms with Gasteiger partial charge < -0.3 is 5.11 Å². The lowest BCUT2D eigenvalue weighted by atomic mass is 9.76. The number of aromatic nitrogens is 3. The van der Waals surface area contributed by atoms with Crippen LogP contribution in [-0.2, 0) is 0 Å². The van der Waals surface area contributed by atoms with Crippen LogP contribution in [-0.4, -0.2) is 31.9 Å². The highest BCUT2D eigenvalue weighted by Gasteiger charge is 2.41. The van der Waals surface area contributed by atoms with E-state index in [1.807, 2.05) is 0 Å². The number of aliphatic hydroxyl groups excluding tert-OH is 1. The Morgan fingerprint density at radius 2 is 2.10 bits per heavy atom. The van der Waals surface area contributed by atoms with Gasteiger partial charge in [-0.25, -0.2) is 18.4 Å². The molecule has 1 aromatic rings. The molecule has 114 valence electrons. The lowest BCUT2D eigenvalue weighted by molar-refractivity contribution is -0.120. The maximum absolute atomic E-state index is 13.5. The van der Waals surface area contributed by atoms with Crippen LogP contribution in [0.3, 0.4) is 0 Å². The van der Waals surface area contributed by atoms with E-state index >= 15 is 0 Å². The Morgan fingerprint density at radius 3 is 2.65 bits per heavy atom. The highest BCUT2D eigenvalue weighted by molar-refractivity contribution is 4.87. The lowest BCUT2D eigenvalue weighted by Crippen LogP contribution is -2.40. The highest BCUT2D eigenvalue weighted by atomic mass is 19.3. The molecule has 2 rings (SSSR count). The molecule has 1 fully saturated rings. The molecule has 1 heterocycles. The zero-order valence-electron chi connectivity index (χ0n) is 12.0. The van der Waals surface area contributed by atoms with Gasteiger partial charge in [0.25, 0.3) is 5.92 Å². The van der Waals surface area contributed by atoms with Crippen LogP contribution in [0.1, 0.15) is 52.0 Å². The second-order valence-electron chi connectivity index (χ2n) is 6.10. The van der Waals surface area contributed by atoms with Crippen molar-refractivity contribution in [2.75, 3.05) is 0 Å². The lowest BCUT2D eigenvalue weighted by Gasteiger charge is -2.34. The fourth-order valence-corrected chi connectivity index (χ4v) is 3.16. The number of rotatable bonds is 5. The van der Waals surface area contributed by atoms with Gasteiger partial charge in [0, 0.05) is 6.92 Å². The van der Waals surface area contributed by atoms with Crippen LogP contribution in [0.4, 0.5) is 8.78 Å². The number of hydrogen-bond acceptors (Lipinski definition) is 3. The molecule has 0 spiro atoms. The van der Waals surface area contributed by atoms with Crippen LogP contribution in [0, 0.1) is 11.8 Å². The van der Waals surface area contributed by atoms with E-state index in [-0.39, 0.29) is 0 Å². The zero-order valence-corrected chi connectivity index (χ0v) is 12.0. The van der Waals surface area contributed by atoms with Crippen molar-refractivity contribution in [1.29, 1.82) is 0 Å². The minimum atomic E-state index is -3.14. The summed E-state index contributed by atoms with van der Waals surface area (Å²) < 4.78 is 28.4. The van der Waals surface area contributed by atoms with Crippen LogP contribution >= 0.6 is 0 Å². The molecule has 0 amide bonds. The first-order valence-corrected chi connectivity index (χ1v) is 7.29. The van der Waals surface area contributed by atoms with Gasteiger partial charge in [-0.3, -0.25) is 0 Å². The van der Waals surface area contributed by atoms with Gasteiger partial charge in [-0.05, 0) is 18.3 Å². The number of aliphatic hydroxyl groups is 1. The van der Waals surface area contributed by atoms with Crippen molar-refractivity contribution in [3.05, 3.63) is 12.7 Å². The molecule has 1 aliphatic rings. The van der Waals surface area contributed by atoms with Crippen LogP contribution in [0.15, 0.2) is 12.7 Å². The third-order valence-corrected chi connectivity index (χ3v) is 4.49. The van der Waals surface area contributed by atoms with Crippen LogP contribution in [0.5, 0.6) is 0 Å². The molecular weight excluding hydrogens is 264 g/mol. The van der Waals surface area contributed by atoms with Crippen LogP contribution < -0.4 is 0 Å². The molecular formula is C14H23F2N3O. The van der Waals surface area contributed by atoms with E-state index in [2.05, 4.69) is 17.0 Å². The molecule has 1 N–H and O–H groups in total. The molecule has 0 aliphatic heterocycles. The van der Waals surface area contributed by atoms with E-state index in [4.69, 9.17) is 0 Å². The predicted molar refractivity (Wildman–Crippen MR) is 71.4 cm³/mol. The van der Waals surface area contributed by atoms with E-state index in [9.17, 15) is 13.9 Å². The average molecular weight is 287 g/mol. The third-order valence-electron chi connectivity index (χ3n) is 4.49. The van der Waals surface area contributed by atoms with Crippen molar-refractivity contribution in [3.8, 4) is 0 Å². The summed E-state index contributed by atoms with van der Waals surface area (Å²) in [5, 5.41) is 13.9. The highest BCUT2D eigenvalue weighted by Crippen LogP contribution is 2.38. The number of hydrogen-bond donors (Lipinski definition) is 1. The monoisotopic (exact) mass is 287 g/mol. The van der Waals surface area contributed by atoms with Gasteiger partial charge in [-0.15, -0.1) is 0 Å². The molecule has 6 heteroatoms. The fourth-order valence-electron chi connectivity index (χ4n) is 3.16. The van der Waals surface area contributed by atoms with Gasteiger partial charge in [0.2, 0.25) is 0 Å². The summed E-state index contributed by atoms with van der Waals surface area (Å²) in [6, 6.07) is -0.719. The maximum atomic E-state index is 13.5. The van der Waals surface area contributed by atoms with Crippen molar-refractivity contribution >= 4 is 0 Å². The van der Waals surface area contributed by atoms with Gasteiger partial charge in [-0.1, -0.05) is 32.6 Å². The molecule has 1 aliphatic carbocycles. The van der Waals surface area contributed by atoms with Crippen molar-refractivity contribution in [3.63, 3.8) is 0 Å². The third kappa shape index (κ3) is 3.53. The summed E-state index contributed by atoms with van der Waals surface area (Å²) in [6.07, 6.45) is 6.02. The topological polar surface area (TPSA) is 50.9 Å². The summed E-state index contributed by atoms with van der Waals surface area (Å²) in [5.41, 5.74) is 0. The van der Waals surface area contributed by atoms with Crippen molar-refractivity contribution in [1.82, 2.24) is 14.8 Å². The Morgan fingerprint density at radius 1 is 1.40 bits per heavy atom. The van der Waals surface area contributed by atoms with Crippen molar-refractivity contribution in [2.24, 2.45) is 11.8 Å². The normalized spacial score (nSPS) is 27.2. The van der Waals surface area contributed by atoms with Gasteiger partial charge in [-0.2, -0.15) is 5.10 Å². The first-order valence-electron chi connectivity index (χ1n) is 7.29. The molecule has 1 aromatic heterocycles. The standard InChI is InChI=1S/C14H23F2N3O/c1-10-5-3-4-6-11(10)7-12(13(20)14(2,15)16)19-9-17-8-18-19/h8-13,20H,3-7H2,1-2H3. The molecule has 0 bridgehead atoms. The van der Waals surface area contributed by atoms with E-state index in [1.54, 1.807) is 0 Å². The van der Waals surface area contributed by atoms with Gasteiger partial charge in [0.1, 0.15) is 18.8 Å². The molecule has 0 radical (unpaired) electrons. The second kappa shape index (κ2) is 6.16. The summed E-state index contributed by atoms with van der Waals surface area (Å²) in [7, 11) is 0. The Balaban J connectivity index is 2.15. The second-order valence-corrected chi connectivity index (χ2v) is 6.10. The Bertz CT molecular complexity index is 405. The van der Waals surface area contributed by atoms with Crippen LogP contribution in [0.2, 0.25) is 0 Å². The van der Waals surface area contributed by atoms with Gasteiger partial charge >= 0.3 is 0 Å².